The number of halogens is 1. The lowest BCUT2D eigenvalue weighted by Crippen LogP contribution is -2.50. The van der Waals surface area contributed by atoms with Crippen molar-refractivity contribution in [3.63, 3.8) is 0 Å². The van der Waals surface area contributed by atoms with Crippen LogP contribution in [0.4, 0.5) is 17.5 Å². The van der Waals surface area contributed by atoms with E-state index in [-0.39, 0.29) is 18.6 Å². The Morgan fingerprint density at radius 2 is 2.32 bits per heavy atom. The van der Waals surface area contributed by atoms with Crippen molar-refractivity contribution >= 4 is 35.0 Å². The molecule has 28 heavy (non-hydrogen) atoms. The molecule has 0 saturated carbocycles. The quantitative estimate of drug-likeness (QED) is 0.664. The molecule has 2 heterocycles. The second-order valence-electron chi connectivity index (χ2n) is 6.09. The number of nitrogens with zero attached hydrogens (tertiary/aromatic N) is 3. The highest BCUT2D eigenvalue weighted by Crippen LogP contribution is 2.29. The van der Waals surface area contributed by atoms with E-state index in [2.05, 4.69) is 20.6 Å². The van der Waals surface area contributed by atoms with Gasteiger partial charge in [-0.05, 0) is 18.2 Å². The number of ether oxygens (including phenoxy) is 2. The Bertz CT molecular complexity index is 851. The fourth-order valence-electron chi connectivity index (χ4n) is 2.89. The molecule has 1 fully saturated rings. The monoisotopic (exact) mass is 407 g/mol. The lowest BCUT2D eigenvalue weighted by molar-refractivity contribution is -0.0184. The Morgan fingerprint density at radius 3 is 3.04 bits per heavy atom. The van der Waals surface area contributed by atoms with E-state index < -0.39 is 0 Å². The van der Waals surface area contributed by atoms with Crippen LogP contribution in [0, 0.1) is 0 Å². The van der Waals surface area contributed by atoms with Crippen molar-refractivity contribution in [3.05, 3.63) is 35.0 Å². The van der Waals surface area contributed by atoms with E-state index >= 15 is 0 Å². The summed E-state index contributed by atoms with van der Waals surface area (Å²) in [6.45, 7) is 1.05. The van der Waals surface area contributed by atoms with Gasteiger partial charge in [-0.25, -0.2) is 4.98 Å². The maximum absolute atomic E-state index is 12.9. The average molecular weight is 408 g/mol. The van der Waals surface area contributed by atoms with Crippen molar-refractivity contribution in [2.75, 3.05) is 51.2 Å². The molecule has 1 amide bonds. The molecule has 150 valence electrons. The third-order valence-corrected chi connectivity index (χ3v) is 4.65. The van der Waals surface area contributed by atoms with Gasteiger partial charge < -0.3 is 30.1 Å². The Labute approximate surface area is 167 Å². The van der Waals surface area contributed by atoms with Gasteiger partial charge in [0.25, 0.3) is 5.91 Å². The standard InChI is InChI=1S/C18H22ClN5O4/c1-20-16-13(19)8-21-18(23-16)22-14-4-3-11(7-15(14)27-2)17(26)24-5-6-28-10-12(24)9-25/h3-4,7-8,12,25H,5-6,9-10H2,1-2H3,(H2,20,21,22,23). The van der Waals surface area contributed by atoms with Crippen LogP contribution in [0.3, 0.4) is 0 Å². The number of nitrogens with one attached hydrogen (secondary N) is 2. The lowest BCUT2D eigenvalue weighted by atomic mass is 10.1. The first-order valence-electron chi connectivity index (χ1n) is 8.72. The molecule has 1 aliphatic rings. The summed E-state index contributed by atoms with van der Waals surface area (Å²) in [5.74, 6) is 1.10. The van der Waals surface area contributed by atoms with Crippen LogP contribution in [-0.4, -0.2) is 72.4 Å². The van der Waals surface area contributed by atoms with Gasteiger partial charge in [0, 0.05) is 19.2 Å². The van der Waals surface area contributed by atoms with Crippen LogP contribution in [-0.2, 0) is 4.74 Å². The Balaban J connectivity index is 1.83. The summed E-state index contributed by atoms with van der Waals surface area (Å²) in [6, 6.07) is 4.69. The molecule has 10 heteroatoms. The zero-order valence-electron chi connectivity index (χ0n) is 15.6. The van der Waals surface area contributed by atoms with Gasteiger partial charge in [0.1, 0.15) is 16.6 Å². The molecule has 1 saturated heterocycles. The predicted molar refractivity (Wildman–Crippen MR) is 106 cm³/mol. The van der Waals surface area contributed by atoms with E-state index in [0.29, 0.717) is 53.5 Å². The number of aliphatic hydroxyl groups is 1. The smallest absolute Gasteiger partial charge is 0.254 e. The van der Waals surface area contributed by atoms with Crippen LogP contribution in [0.25, 0.3) is 0 Å². The number of hydrogen-bond acceptors (Lipinski definition) is 8. The minimum atomic E-state index is -0.354. The van der Waals surface area contributed by atoms with E-state index in [1.807, 2.05) is 0 Å². The number of aromatic nitrogens is 2. The molecule has 0 radical (unpaired) electrons. The summed E-state index contributed by atoms with van der Waals surface area (Å²) in [4.78, 5) is 22.9. The van der Waals surface area contributed by atoms with Gasteiger partial charge in [-0.2, -0.15) is 4.98 Å². The number of amides is 1. The van der Waals surface area contributed by atoms with Gasteiger partial charge in [-0.1, -0.05) is 11.6 Å². The number of rotatable bonds is 6. The highest BCUT2D eigenvalue weighted by molar-refractivity contribution is 6.32. The highest BCUT2D eigenvalue weighted by Gasteiger charge is 2.28. The summed E-state index contributed by atoms with van der Waals surface area (Å²) < 4.78 is 10.8. The molecule has 1 aromatic carbocycles. The summed E-state index contributed by atoms with van der Waals surface area (Å²) in [5.41, 5.74) is 1.06. The van der Waals surface area contributed by atoms with Gasteiger partial charge in [0.2, 0.25) is 5.95 Å². The largest absolute Gasteiger partial charge is 0.495 e. The summed E-state index contributed by atoms with van der Waals surface area (Å²) in [6.07, 6.45) is 1.49. The molecule has 1 unspecified atom stereocenters. The van der Waals surface area contributed by atoms with E-state index in [4.69, 9.17) is 21.1 Å². The second kappa shape index (κ2) is 9.05. The number of carbonyl (C=O) groups excluding carboxylic acids is 1. The van der Waals surface area contributed by atoms with E-state index in [1.165, 1.54) is 13.3 Å². The number of carbonyl (C=O) groups is 1. The topological polar surface area (TPSA) is 109 Å². The zero-order chi connectivity index (χ0) is 20.1. The molecule has 0 spiro atoms. The number of aliphatic hydroxyl groups excluding tert-OH is 1. The fraction of sp³-hybridized carbons (Fsp3) is 0.389. The van der Waals surface area contributed by atoms with Gasteiger partial charge in [-0.15, -0.1) is 0 Å². The van der Waals surface area contributed by atoms with Crippen LogP contribution >= 0.6 is 11.6 Å². The lowest BCUT2D eigenvalue weighted by Gasteiger charge is -2.34. The molecule has 9 nitrogen and oxygen atoms in total. The first-order chi connectivity index (χ1) is 13.6. The number of anilines is 3. The normalized spacial score (nSPS) is 16.6. The molecule has 1 atom stereocenters. The van der Waals surface area contributed by atoms with Gasteiger partial charge in [0.15, 0.2) is 0 Å². The maximum Gasteiger partial charge on any atom is 0.254 e. The SMILES string of the molecule is CNc1nc(Nc2ccc(C(=O)N3CCOCC3CO)cc2OC)ncc1Cl. The minimum absolute atomic E-state index is 0.149. The second-order valence-corrected chi connectivity index (χ2v) is 6.50. The first kappa shape index (κ1) is 20.1. The van der Waals surface area contributed by atoms with Gasteiger partial charge >= 0.3 is 0 Å². The molecule has 2 aromatic rings. The summed E-state index contributed by atoms with van der Waals surface area (Å²) in [5, 5.41) is 15.8. The Hall–Kier alpha value is -2.62. The number of morpholine rings is 1. The van der Waals surface area contributed by atoms with E-state index in [0.717, 1.165) is 0 Å². The van der Waals surface area contributed by atoms with Crippen molar-refractivity contribution in [2.45, 2.75) is 6.04 Å². The van der Waals surface area contributed by atoms with Crippen molar-refractivity contribution in [1.82, 2.24) is 14.9 Å². The third kappa shape index (κ3) is 4.27. The average Bonchev–Trinajstić information content (AvgIpc) is 2.74. The van der Waals surface area contributed by atoms with Crippen molar-refractivity contribution in [3.8, 4) is 5.75 Å². The minimum Gasteiger partial charge on any atom is -0.495 e. The number of methoxy groups -OCH3 is 1. The molecule has 3 N–H and O–H groups in total. The Kier molecular flexibility index (Phi) is 6.50. The summed E-state index contributed by atoms with van der Waals surface area (Å²) >= 11 is 6.00. The van der Waals surface area contributed by atoms with Crippen molar-refractivity contribution < 1.29 is 19.4 Å². The van der Waals surface area contributed by atoms with E-state index in [9.17, 15) is 9.90 Å². The molecule has 3 rings (SSSR count). The van der Waals surface area contributed by atoms with Crippen LogP contribution in [0.15, 0.2) is 24.4 Å². The molecule has 1 aromatic heterocycles. The van der Waals surface area contributed by atoms with E-state index in [1.54, 1.807) is 30.1 Å². The molecular weight excluding hydrogens is 386 g/mol. The number of benzene rings is 1. The molecule has 0 aliphatic carbocycles. The molecule has 1 aliphatic heterocycles. The van der Waals surface area contributed by atoms with Crippen molar-refractivity contribution in [1.29, 1.82) is 0 Å². The Morgan fingerprint density at radius 1 is 1.50 bits per heavy atom. The molecule has 0 bridgehead atoms. The fourth-order valence-corrected chi connectivity index (χ4v) is 3.08. The predicted octanol–water partition coefficient (Wildman–Crippen LogP) is 1.76. The maximum atomic E-state index is 12.9. The van der Waals surface area contributed by atoms with Gasteiger partial charge in [-0.3, -0.25) is 4.79 Å². The van der Waals surface area contributed by atoms with Crippen LogP contribution in [0.1, 0.15) is 10.4 Å². The number of hydrogen-bond donors (Lipinski definition) is 3. The first-order valence-corrected chi connectivity index (χ1v) is 9.10. The van der Waals surface area contributed by atoms with Crippen molar-refractivity contribution in [2.24, 2.45) is 0 Å². The van der Waals surface area contributed by atoms with Crippen LogP contribution in [0.2, 0.25) is 5.02 Å². The van der Waals surface area contributed by atoms with Crippen LogP contribution in [0.5, 0.6) is 5.75 Å². The third-order valence-electron chi connectivity index (χ3n) is 4.38. The highest BCUT2D eigenvalue weighted by atomic mass is 35.5. The van der Waals surface area contributed by atoms with Crippen LogP contribution < -0.4 is 15.4 Å². The zero-order valence-corrected chi connectivity index (χ0v) is 16.4. The van der Waals surface area contributed by atoms with Gasteiger partial charge in [0.05, 0.1) is 44.9 Å². The summed E-state index contributed by atoms with van der Waals surface area (Å²) in [7, 11) is 3.23. The molecular formula is C18H22ClN5O4.